The Morgan fingerprint density at radius 2 is 1.60 bits per heavy atom. The maximum absolute atomic E-state index is 14.0. The lowest BCUT2D eigenvalue weighted by Gasteiger charge is -2.34. The summed E-state index contributed by atoms with van der Waals surface area (Å²) in [5.74, 6) is -23.1. The van der Waals surface area contributed by atoms with Gasteiger partial charge in [0, 0.05) is 13.0 Å². The molecule has 0 bridgehead atoms. The fourth-order valence-corrected chi connectivity index (χ4v) is 5.24. The first-order chi connectivity index (χ1) is 24.3. The third-order valence-corrected chi connectivity index (χ3v) is 7.88. The molecule has 1 aliphatic heterocycles. The summed E-state index contributed by atoms with van der Waals surface area (Å²) in [6, 6.07) is -1.17. The molecule has 4 amide bonds. The van der Waals surface area contributed by atoms with Gasteiger partial charge >= 0.3 is 24.0 Å². The number of ether oxygens (including phenoxy) is 1. The summed E-state index contributed by atoms with van der Waals surface area (Å²) < 4.78 is 98.3. The largest absolute Gasteiger partial charge is 0.507 e. The molecule has 6 atom stereocenters. The maximum atomic E-state index is 14.0. The summed E-state index contributed by atoms with van der Waals surface area (Å²) in [7, 11) is 0. The Labute approximate surface area is 296 Å². The van der Waals surface area contributed by atoms with Gasteiger partial charge < -0.3 is 53.2 Å². The van der Waals surface area contributed by atoms with E-state index in [1.807, 2.05) is 5.32 Å². The Hall–Kier alpha value is -4.93. The second-order valence-electron chi connectivity index (χ2n) is 12.5. The quantitative estimate of drug-likeness (QED) is 0.0300. The predicted molar refractivity (Wildman–Crippen MR) is 168 cm³/mol. The normalized spacial score (nSPS) is 17.7. The number of primary amides is 1. The lowest BCUT2D eigenvalue weighted by Crippen LogP contribution is -2.63. The predicted octanol–water partition coefficient (Wildman–Crippen LogP) is -0.542. The average Bonchev–Trinajstić information content (AvgIpc) is 3.03. The first kappa shape index (κ1) is 44.2. The number of nitrogens with zero attached hydrogens (tertiary/aromatic N) is 1. The number of phenolic OH excluding ortho intramolecular Hbond substituents is 1. The SMILES string of the molecule is CC(C)C[C@H](NC(=O)[C@@H](O)[C@@H](O)[C@H](CCCN=C(N)N)NC(=O)[C@@H](CC(N)=O)NC(=O)C(F)(F)C(F)(F)C(F)(F)F)[C@@H]1Cc2cccc(O)c2C(=O)O1. The molecule has 1 aliphatic rings. The van der Waals surface area contributed by atoms with E-state index in [2.05, 4.69) is 10.3 Å². The van der Waals surface area contributed by atoms with Crippen molar-refractivity contribution in [2.24, 2.45) is 28.1 Å². The summed E-state index contributed by atoms with van der Waals surface area (Å²) in [5.41, 5.74) is 15.7. The first-order valence-electron chi connectivity index (χ1n) is 15.8. The van der Waals surface area contributed by atoms with Gasteiger partial charge in [-0.2, -0.15) is 30.7 Å². The van der Waals surface area contributed by atoms with Crippen LogP contribution in [0.4, 0.5) is 30.7 Å². The number of aromatic hydroxyl groups is 1. The molecule has 0 saturated carbocycles. The topological polar surface area (TPSA) is 282 Å². The number of aliphatic hydroxyl groups excluding tert-OH is 2. The van der Waals surface area contributed by atoms with Crippen molar-refractivity contribution in [3.8, 4) is 5.75 Å². The second-order valence-corrected chi connectivity index (χ2v) is 12.5. The van der Waals surface area contributed by atoms with E-state index >= 15 is 0 Å². The highest BCUT2D eigenvalue weighted by Crippen LogP contribution is 2.46. The third kappa shape index (κ3) is 11.3. The number of rotatable bonds is 18. The number of halogens is 7. The molecular weight excluding hydrogens is 735 g/mol. The van der Waals surface area contributed by atoms with E-state index < -0.39 is 103 Å². The minimum absolute atomic E-state index is 0.0101. The number of aliphatic hydroxyl groups is 2. The fraction of sp³-hybridized carbons (Fsp3) is 0.600. The van der Waals surface area contributed by atoms with Gasteiger partial charge in [-0.15, -0.1) is 0 Å². The first-order valence-corrected chi connectivity index (χ1v) is 15.8. The van der Waals surface area contributed by atoms with Gasteiger partial charge in [0.15, 0.2) is 12.1 Å². The highest BCUT2D eigenvalue weighted by atomic mass is 19.4. The number of amides is 4. The Balaban J connectivity index is 2.35. The van der Waals surface area contributed by atoms with Crippen molar-refractivity contribution in [2.45, 2.75) is 100 Å². The molecule has 0 fully saturated rings. The van der Waals surface area contributed by atoms with Gasteiger partial charge in [-0.05, 0) is 36.8 Å². The van der Waals surface area contributed by atoms with Crippen molar-refractivity contribution < 1.29 is 74.8 Å². The van der Waals surface area contributed by atoms with Crippen molar-refractivity contribution >= 4 is 35.6 Å². The van der Waals surface area contributed by atoms with Crippen LogP contribution in [0.25, 0.3) is 0 Å². The number of nitrogens with two attached hydrogens (primary N) is 3. The van der Waals surface area contributed by atoms with E-state index in [0.29, 0.717) is 5.56 Å². The summed E-state index contributed by atoms with van der Waals surface area (Å²) >= 11 is 0. The molecule has 1 heterocycles. The number of esters is 1. The molecule has 12 N–H and O–H groups in total. The van der Waals surface area contributed by atoms with Gasteiger partial charge in [0.05, 0.1) is 18.5 Å². The molecule has 298 valence electrons. The number of cyclic esters (lactones) is 1. The van der Waals surface area contributed by atoms with Crippen LogP contribution in [0.3, 0.4) is 0 Å². The van der Waals surface area contributed by atoms with Crippen molar-refractivity contribution in [3.05, 3.63) is 29.3 Å². The minimum atomic E-state index is -6.92. The molecule has 53 heavy (non-hydrogen) atoms. The number of fused-ring (bicyclic) bond motifs is 1. The van der Waals surface area contributed by atoms with Gasteiger partial charge in [0.25, 0.3) is 11.8 Å². The zero-order valence-corrected chi connectivity index (χ0v) is 28.1. The summed E-state index contributed by atoms with van der Waals surface area (Å²) in [4.78, 5) is 66.2. The summed E-state index contributed by atoms with van der Waals surface area (Å²) in [6.07, 6.45) is -14.6. The molecular formula is C30H40F7N7O9. The van der Waals surface area contributed by atoms with E-state index in [9.17, 15) is 70.0 Å². The molecule has 16 nitrogen and oxygen atoms in total. The minimum Gasteiger partial charge on any atom is -0.507 e. The summed E-state index contributed by atoms with van der Waals surface area (Å²) in [5, 5.41) is 37.3. The number of nitrogens with one attached hydrogen (secondary N) is 3. The van der Waals surface area contributed by atoms with Crippen LogP contribution in [0.2, 0.25) is 0 Å². The molecule has 1 aromatic rings. The van der Waals surface area contributed by atoms with Crippen LogP contribution in [0.1, 0.15) is 55.5 Å². The van der Waals surface area contributed by atoms with Crippen molar-refractivity contribution in [2.75, 3.05) is 6.54 Å². The number of hydrogen-bond donors (Lipinski definition) is 9. The number of hydrogen-bond acceptors (Lipinski definition) is 10. The van der Waals surface area contributed by atoms with Crippen LogP contribution in [0.15, 0.2) is 23.2 Å². The van der Waals surface area contributed by atoms with Crippen LogP contribution in [-0.4, -0.2) is 112 Å². The molecule has 0 aliphatic carbocycles. The van der Waals surface area contributed by atoms with Gasteiger partial charge in [-0.25, -0.2) is 4.79 Å². The maximum Gasteiger partial charge on any atom is 0.460 e. The standard InChI is InChI=1S/C30H40F7N7O9/c1-12(2)9-15(18-10-13-5-3-7-17(45)20(13)25(51)53-18)43-24(50)22(48)21(47)14(6-4-8-41-27(39)40)42-23(49)16(11-19(38)46)44-26(52)28(31,32)29(33,34)30(35,36)37/h3,5,7,12,14-16,18,21-22,45,47-48H,4,6,8-11H2,1-2H3,(H2,38,46)(H,42,49)(H,43,50)(H,44,52)(H4,39,40,41)/t14-,15-,16+,18-,21-,22-/m0/s1. The number of alkyl halides is 7. The monoisotopic (exact) mass is 775 g/mol. The van der Waals surface area contributed by atoms with Crippen molar-refractivity contribution in [3.63, 3.8) is 0 Å². The van der Waals surface area contributed by atoms with E-state index in [1.165, 1.54) is 12.1 Å². The van der Waals surface area contributed by atoms with Gasteiger partial charge in [0.2, 0.25) is 11.8 Å². The molecule has 23 heteroatoms. The van der Waals surface area contributed by atoms with Crippen LogP contribution in [0, 0.1) is 5.92 Å². The van der Waals surface area contributed by atoms with Crippen LogP contribution in [-0.2, 0) is 30.3 Å². The average molecular weight is 776 g/mol. The summed E-state index contributed by atoms with van der Waals surface area (Å²) in [6.45, 7) is 3.29. The van der Waals surface area contributed by atoms with Gasteiger partial charge in [0.1, 0.15) is 29.6 Å². The third-order valence-electron chi connectivity index (χ3n) is 7.88. The number of phenols is 1. The Bertz CT molecular complexity index is 1540. The van der Waals surface area contributed by atoms with Crippen LogP contribution in [0.5, 0.6) is 5.75 Å². The van der Waals surface area contributed by atoms with E-state index in [-0.39, 0.29) is 43.0 Å². The molecule has 0 radical (unpaired) electrons. The lowest BCUT2D eigenvalue weighted by molar-refractivity contribution is -0.344. The molecule has 1 aromatic carbocycles. The number of aliphatic imine (C=N–C) groups is 1. The molecule has 0 aromatic heterocycles. The number of carbonyl (C=O) groups is 5. The lowest BCUT2D eigenvalue weighted by atomic mass is 9.90. The Kier molecular flexibility index (Phi) is 14.8. The number of guanidine groups is 1. The Morgan fingerprint density at radius 1 is 0.981 bits per heavy atom. The van der Waals surface area contributed by atoms with Crippen molar-refractivity contribution in [1.29, 1.82) is 0 Å². The molecule has 0 saturated heterocycles. The van der Waals surface area contributed by atoms with E-state index in [4.69, 9.17) is 21.9 Å². The van der Waals surface area contributed by atoms with E-state index in [1.54, 1.807) is 19.9 Å². The fourth-order valence-electron chi connectivity index (χ4n) is 5.24. The van der Waals surface area contributed by atoms with Crippen LogP contribution < -0.4 is 33.2 Å². The number of benzene rings is 1. The molecule has 2 rings (SSSR count). The van der Waals surface area contributed by atoms with Crippen molar-refractivity contribution in [1.82, 2.24) is 16.0 Å². The zero-order valence-electron chi connectivity index (χ0n) is 28.1. The highest BCUT2D eigenvalue weighted by molar-refractivity contribution is 5.95. The van der Waals surface area contributed by atoms with E-state index in [0.717, 1.165) is 5.32 Å². The second kappa shape index (κ2) is 17.7. The zero-order chi connectivity index (χ0) is 40.6. The molecule has 0 spiro atoms. The van der Waals surface area contributed by atoms with Gasteiger partial charge in [-0.3, -0.25) is 24.2 Å². The van der Waals surface area contributed by atoms with Crippen LogP contribution >= 0.6 is 0 Å². The number of carbonyl (C=O) groups excluding carboxylic acids is 5. The van der Waals surface area contributed by atoms with Gasteiger partial charge in [-0.1, -0.05) is 26.0 Å². The highest BCUT2D eigenvalue weighted by Gasteiger charge is 2.76. The Morgan fingerprint density at radius 3 is 2.15 bits per heavy atom. The smallest absolute Gasteiger partial charge is 0.460 e. The molecule has 0 unspecified atom stereocenters.